The van der Waals surface area contributed by atoms with Gasteiger partial charge in [-0.15, -0.1) is 6.58 Å². The molecule has 1 aromatic carbocycles. The smallest absolute Gasteiger partial charge is 0.300 e. The van der Waals surface area contributed by atoms with Crippen molar-refractivity contribution in [2.45, 2.75) is 6.18 Å². The van der Waals surface area contributed by atoms with Crippen molar-refractivity contribution in [1.82, 2.24) is 10.3 Å². The Morgan fingerprint density at radius 3 is 2.57 bits per heavy atom. The lowest BCUT2D eigenvalue weighted by atomic mass is 10.1. The number of aromatic nitrogens is 1. The van der Waals surface area contributed by atoms with Crippen LogP contribution in [0.25, 0.3) is 17.3 Å². The molecule has 0 atom stereocenters. The van der Waals surface area contributed by atoms with Crippen LogP contribution in [0.2, 0.25) is 5.02 Å². The van der Waals surface area contributed by atoms with Gasteiger partial charge >= 0.3 is 6.18 Å². The van der Waals surface area contributed by atoms with Gasteiger partial charge in [-0.1, -0.05) is 53.7 Å². The number of carbonyl (C=O) groups excluding carboxylic acids is 1. The van der Waals surface area contributed by atoms with Crippen LogP contribution in [-0.4, -0.2) is 21.8 Å². The van der Waals surface area contributed by atoms with Crippen molar-refractivity contribution in [2.75, 3.05) is 5.75 Å². The molecule has 1 aromatic heterocycles. The summed E-state index contributed by atoms with van der Waals surface area (Å²) < 4.78 is 38.2. The molecule has 0 aliphatic carbocycles. The second-order valence-corrected chi connectivity index (χ2v) is 7.09. The van der Waals surface area contributed by atoms with E-state index in [0.29, 0.717) is 22.0 Å². The number of benzene rings is 1. The average Bonchev–Trinajstić information content (AvgIpc) is 2.99. The fourth-order valence-corrected chi connectivity index (χ4v) is 3.23. The predicted octanol–water partition coefficient (Wildman–Crippen LogP) is 5.17. The van der Waals surface area contributed by atoms with E-state index in [1.165, 1.54) is 11.8 Å². The van der Waals surface area contributed by atoms with Crippen molar-refractivity contribution in [3.63, 3.8) is 0 Å². The number of aliphatic imine (C=N–C) groups is 1. The molecule has 4 nitrogen and oxygen atoms in total. The number of amidine groups is 1. The van der Waals surface area contributed by atoms with Crippen LogP contribution in [0.3, 0.4) is 0 Å². The summed E-state index contributed by atoms with van der Waals surface area (Å²) in [5.74, 6) is 0.324. The van der Waals surface area contributed by atoms with Crippen LogP contribution in [0, 0.1) is 0 Å². The number of amides is 1. The Morgan fingerprint density at radius 1 is 1.25 bits per heavy atom. The highest BCUT2D eigenvalue weighted by atomic mass is 35.5. The molecule has 0 radical (unpaired) electrons. The number of carbonyl (C=O) groups is 1. The maximum atomic E-state index is 12.7. The number of hydrogen-bond acceptors (Lipinski definition) is 4. The molecule has 3 rings (SSSR count). The van der Waals surface area contributed by atoms with E-state index >= 15 is 0 Å². The van der Waals surface area contributed by atoms with Crippen LogP contribution in [0.5, 0.6) is 0 Å². The summed E-state index contributed by atoms with van der Waals surface area (Å²) in [6.07, 6.45) is -0.434. The first-order chi connectivity index (χ1) is 13.3. The van der Waals surface area contributed by atoms with E-state index in [9.17, 15) is 18.0 Å². The molecule has 1 N–H and O–H groups in total. The van der Waals surface area contributed by atoms with Gasteiger partial charge in [0, 0.05) is 17.5 Å². The summed E-state index contributed by atoms with van der Waals surface area (Å²) in [7, 11) is 0. The molecule has 1 aliphatic rings. The van der Waals surface area contributed by atoms with Gasteiger partial charge in [0.1, 0.15) is 5.70 Å². The first-order valence-corrected chi connectivity index (χ1v) is 9.33. The van der Waals surface area contributed by atoms with Crippen molar-refractivity contribution < 1.29 is 18.0 Å². The van der Waals surface area contributed by atoms with E-state index in [2.05, 4.69) is 21.9 Å². The monoisotopic (exact) mass is 423 g/mol. The number of thioether (sulfide) groups is 1. The summed E-state index contributed by atoms with van der Waals surface area (Å²) in [5, 5.41) is 3.07. The molecular weight excluding hydrogens is 411 g/mol. The van der Waals surface area contributed by atoms with E-state index in [0.717, 1.165) is 12.3 Å². The number of hydrogen-bond donors (Lipinski definition) is 1. The van der Waals surface area contributed by atoms with Crippen LogP contribution < -0.4 is 5.32 Å². The van der Waals surface area contributed by atoms with Crippen LogP contribution in [0.4, 0.5) is 13.2 Å². The lowest BCUT2D eigenvalue weighted by Crippen LogP contribution is -2.21. The van der Waals surface area contributed by atoms with Gasteiger partial charge in [-0.25, -0.2) is 4.99 Å². The number of rotatable bonds is 4. The summed E-state index contributed by atoms with van der Waals surface area (Å²) in [6, 6.07) is 7.58. The van der Waals surface area contributed by atoms with E-state index < -0.39 is 11.7 Å². The second-order valence-electron chi connectivity index (χ2n) is 5.67. The second kappa shape index (κ2) is 8.20. The Kier molecular flexibility index (Phi) is 5.90. The molecule has 28 heavy (non-hydrogen) atoms. The van der Waals surface area contributed by atoms with Gasteiger partial charge in [-0.05, 0) is 17.7 Å². The van der Waals surface area contributed by atoms with Gasteiger partial charge in [-0.3, -0.25) is 15.1 Å². The van der Waals surface area contributed by atoms with Gasteiger partial charge < -0.3 is 0 Å². The molecule has 0 saturated carbocycles. The quantitative estimate of drug-likeness (QED) is 0.545. The average molecular weight is 424 g/mol. The van der Waals surface area contributed by atoms with Crippen LogP contribution in [-0.2, 0) is 11.0 Å². The topological polar surface area (TPSA) is 54.4 Å². The summed E-state index contributed by atoms with van der Waals surface area (Å²) >= 11 is 7.33. The summed E-state index contributed by atoms with van der Waals surface area (Å²) in [4.78, 5) is 20.0. The highest BCUT2D eigenvalue weighted by Crippen LogP contribution is 2.34. The minimum Gasteiger partial charge on any atom is -0.300 e. The van der Waals surface area contributed by atoms with Gasteiger partial charge in [0.2, 0.25) is 0 Å². The first kappa shape index (κ1) is 20.2. The number of nitrogens with one attached hydrogen (secondary N) is 1. The zero-order valence-corrected chi connectivity index (χ0v) is 15.8. The highest BCUT2D eigenvalue weighted by molar-refractivity contribution is 8.14. The molecule has 1 aliphatic heterocycles. The SMILES string of the molecule is C=CCSC1=NC(=Cc2ccc(-c3ncc(C(F)(F)F)cc3Cl)cc2)C(=O)N1. The first-order valence-electron chi connectivity index (χ1n) is 7.96. The number of alkyl halides is 3. The van der Waals surface area contributed by atoms with Gasteiger partial charge in [0.05, 0.1) is 16.3 Å². The lowest BCUT2D eigenvalue weighted by molar-refractivity contribution is -0.137. The minimum atomic E-state index is -4.50. The maximum Gasteiger partial charge on any atom is 0.417 e. The van der Waals surface area contributed by atoms with Crippen molar-refractivity contribution in [3.8, 4) is 11.3 Å². The molecule has 0 bridgehead atoms. The van der Waals surface area contributed by atoms with E-state index in [1.54, 1.807) is 36.4 Å². The Morgan fingerprint density at radius 2 is 1.96 bits per heavy atom. The zero-order valence-electron chi connectivity index (χ0n) is 14.3. The third kappa shape index (κ3) is 4.63. The molecule has 1 amide bonds. The Labute approximate surface area is 168 Å². The third-order valence-corrected chi connectivity index (χ3v) is 4.83. The molecule has 0 spiro atoms. The molecule has 144 valence electrons. The van der Waals surface area contributed by atoms with Gasteiger partial charge in [0.15, 0.2) is 5.17 Å². The minimum absolute atomic E-state index is 0.0930. The van der Waals surface area contributed by atoms with Crippen LogP contribution >= 0.6 is 23.4 Å². The standard InChI is InChI=1S/C19H13ClF3N3OS/c1-2-7-28-18-25-15(17(27)26-18)8-11-3-5-12(6-4-11)16-14(20)9-13(10-24-16)19(21,22)23/h2-6,8-10H,1,7H2,(H,25,26,27). The van der Waals surface area contributed by atoms with E-state index in [4.69, 9.17) is 11.6 Å². The Bertz CT molecular complexity index is 985. The number of halogens is 4. The molecule has 9 heteroatoms. The third-order valence-electron chi connectivity index (χ3n) is 3.67. The largest absolute Gasteiger partial charge is 0.417 e. The predicted molar refractivity (Wildman–Crippen MR) is 106 cm³/mol. The van der Waals surface area contributed by atoms with Crippen LogP contribution in [0.1, 0.15) is 11.1 Å². The normalized spacial score (nSPS) is 15.5. The van der Waals surface area contributed by atoms with Crippen molar-refractivity contribution in [1.29, 1.82) is 0 Å². The number of pyridine rings is 1. The van der Waals surface area contributed by atoms with Crippen molar-refractivity contribution in [2.24, 2.45) is 4.99 Å². The Hall–Kier alpha value is -2.58. The summed E-state index contributed by atoms with van der Waals surface area (Å²) in [5.41, 5.74) is 0.870. The van der Waals surface area contributed by atoms with E-state index in [-0.39, 0.29) is 22.3 Å². The van der Waals surface area contributed by atoms with Crippen molar-refractivity contribution in [3.05, 3.63) is 71.0 Å². The lowest BCUT2D eigenvalue weighted by Gasteiger charge is -2.09. The van der Waals surface area contributed by atoms with Gasteiger partial charge in [0.25, 0.3) is 5.91 Å². The zero-order chi connectivity index (χ0) is 20.3. The molecule has 2 heterocycles. The maximum absolute atomic E-state index is 12.7. The van der Waals surface area contributed by atoms with Gasteiger partial charge in [-0.2, -0.15) is 13.2 Å². The summed E-state index contributed by atoms with van der Waals surface area (Å²) in [6.45, 7) is 3.61. The molecular formula is C19H13ClF3N3OS. The molecule has 0 fully saturated rings. The molecule has 2 aromatic rings. The fraction of sp³-hybridized carbons (Fsp3) is 0.105. The van der Waals surface area contributed by atoms with Crippen LogP contribution in [0.15, 0.2) is 59.9 Å². The molecule has 0 saturated heterocycles. The highest BCUT2D eigenvalue weighted by Gasteiger charge is 2.31. The Balaban J connectivity index is 1.82. The van der Waals surface area contributed by atoms with Crippen molar-refractivity contribution >= 4 is 40.5 Å². The van der Waals surface area contributed by atoms with E-state index in [1.807, 2.05) is 0 Å². The number of nitrogens with zero attached hydrogens (tertiary/aromatic N) is 2. The fourth-order valence-electron chi connectivity index (χ4n) is 2.35. The molecule has 0 unspecified atom stereocenters.